The maximum atomic E-state index is 9.52. The Kier molecular flexibility index (Phi) is 4.64. The third kappa shape index (κ3) is 4.72. The lowest BCUT2D eigenvalue weighted by Crippen LogP contribution is -2.31. The fraction of sp³-hybridized carbons (Fsp3) is 0.667. The van der Waals surface area contributed by atoms with Gasteiger partial charge < -0.3 is 15.2 Å². The highest BCUT2D eigenvalue weighted by Gasteiger charge is 2.29. The van der Waals surface area contributed by atoms with Gasteiger partial charge in [0.25, 0.3) is 0 Å². The van der Waals surface area contributed by atoms with Crippen molar-refractivity contribution in [3.8, 4) is 5.75 Å². The molecule has 0 aliphatic carbocycles. The van der Waals surface area contributed by atoms with Gasteiger partial charge in [0.1, 0.15) is 11.4 Å². The van der Waals surface area contributed by atoms with Gasteiger partial charge in [0.05, 0.1) is 6.10 Å². The number of nitrogens with one attached hydrogen (secondary N) is 1. The van der Waals surface area contributed by atoms with Crippen LogP contribution in [0, 0.1) is 5.41 Å². The Labute approximate surface area is 128 Å². The van der Waals surface area contributed by atoms with Crippen molar-refractivity contribution >= 4 is 0 Å². The second kappa shape index (κ2) is 5.98. The van der Waals surface area contributed by atoms with E-state index in [1.165, 1.54) is 11.1 Å². The van der Waals surface area contributed by atoms with Gasteiger partial charge in [-0.15, -0.1) is 0 Å². The molecule has 3 nitrogen and oxygen atoms in total. The molecule has 118 valence electrons. The van der Waals surface area contributed by atoms with E-state index in [1.807, 2.05) is 6.92 Å². The van der Waals surface area contributed by atoms with E-state index in [2.05, 4.69) is 51.2 Å². The molecule has 1 aromatic rings. The van der Waals surface area contributed by atoms with Gasteiger partial charge in [-0.05, 0) is 49.8 Å². The smallest absolute Gasteiger partial charge is 0.123 e. The zero-order valence-corrected chi connectivity index (χ0v) is 14.0. The van der Waals surface area contributed by atoms with Gasteiger partial charge in [0.15, 0.2) is 0 Å². The molecule has 3 heteroatoms. The average Bonchev–Trinajstić information content (AvgIpc) is 2.60. The predicted molar refractivity (Wildman–Crippen MR) is 86.6 cm³/mol. The van der Waals surface area contributed by atoms with Crippen LogP contribution >= 0.6 is 0 Å². The van der Waals surface area contributed by atoms with Gasteiger partial charge in [0, 0.05) is 19.5 Å². The van der Waals surface area contributed by atoms with Crippen LogP contribution in [-0.4, -0.2) is 23.4 Å². The van der Waals surface area contributed by atoms with E-state index in [9.17, 15) is 5.11 Å². The molecule has 2 N–H and O–H groups in total. The number of hydrogen-bond donors (Lipinski definition) is 2. The Morgan fingerprint density at radius 3 is 2.76 bits per heavy atom. The van der Waals surface area contributed by atoms with Crippen molar-refractivity contribution in [1.29, 1.82) is 0 Å². The van der Waals surface area contributed by atoms with Gasteiger partial charge >= 0.3 is 0 Å². The zero-order chi connectivity index (χ0) is 15.7. The Morgan fingerprint density at radius 1 is 1.38 bits per heavy atom. The molecule has 0 aromatic heterocycles. The van der Waals surface area contributed by atoms with Gasteiger partial charge in [-0.1, -0.05) is 26.0 Å². The van der Waals surface area contributed by atoms with Gasteiger partial charge in [-0.3, -0.25) is 0 Å². The summed E-state index contributed by atoms with van der Waals surface area (Å²) in [7, 11) is 0. The molecule has 21 heavy (non-hydrogen) atoms. The lowest BCUT2D eigenvalue weighted by Gasteiger charge is -2.26. The Balaban J connectivity index is 1.88. The minimum Gasteiger partial charge on any atom is -0.487 e. The molecule has 0 saturated carbocycles. The van der Waals surface area contributed by atoms with Gasteiger partial charge in [-0.2, -0.15) is 0 Å². The molecule has 1 unspecified atom stereocenters. The molecule has 0 bridgehead atoms. The molecule has 1 heterocycles. The molecule has 1 aliphatic rings. The number of fused-ring (bicyclic) bond motifs is 1. The van der Waals surface area contributed by atoms with Crippen LogP contribution < -0.4 is 10.1 Å². The second-order valence-electron chi connectivity index (χ2n) is 7.80. The van der Waals surface area contributed by atoms with Crippen LogP contribution in [0.2, 0.25) is 0 Å². The maximum Gasteiger partial charge on any atom is 0.123 e. The molecular weight excluding hydrogens is 262 g/mol. The number of rotatable bonds is 6. The molecule has 0 radical (unpaired) electrons. The lowest BCUT2D eigenvalue weighted by molar-refractivity contribution is 0.128. The summed E-state index contributed by atoms with van der Waals surface area (Å²) >= 11 is 0. The summed E-state index contributed by atoms with van der Waals surface area (Å²) in [6.45, 7) is 12.2. The SMILES string of the molecule is CC(O)CC(C)(C)CNCc1ccc2c(c1)CC(C)(C)O2. The van der Waals surface area contributed by atoms with Crippen molar-refractivity contribution in [2.45, 2.75) is 65.7 Å². The summed E-state index contributed by atoms with van der Waals surface area (Å²) in [4.78, 5) is 0. The normalized spacial score (nSPS) is 18.2. The van der Waals surface area contributed by atoms with Crippen LogP contribution in [0.1, 0.15) is 52.2 Å². The molecular formula is C18H29NO2. The monoisotopic (exact) mass is 291 g/mol. The summed E-state index contributed by atoms with van der Waals surface area (Å²) in [5, 5.41) is 13.0. The first-order valence-electron chi connectivity index (χ1n) is 7.86. The molecule has 0 spiro atoms. The number of ether oxygens (including phenoxy) is 1. The summed E-state index contributed by atoms with van der Waals surface area (Å²) in [5.41, 5.74) is 2.63. The largest absolute Gasteiger partial charge is 0.487 e. The van der Waals surface area contributed by atoms with Crippen LogP contribution in [0.15, 0.2) is 18.2 Å². The highest BCUT2D eigenvalue weighted by molar-refractivity contribution is 5.41. The van der Waals surface area contributed by atoms with Crippen LogP contribution in [0.3, 0.4) is 0 Å². The minimum absolute atomic E-state index is 0.0758. The van der Waals surface area contributed by atoms with E-state index in [0.717, 1.165) is 31.7 Å². The minimum atomic E-state index is -0.249. The molecule has 1 aromatic carbocycles. The van der Waals surface area contributed by atoms with E-state index in [0.29, 0.717) is 0 Å². The Bertz CT molecular complexity index is 492. The third-order valence-electron chi connectivity index (χ3n) is 3.91. The van der Waals surface area contributed by atoms with Crippen molar-refractivity contribution in [1.82, 2.24) is 5.32 Å². The fourth-order valence-electron chi connectivity index (χ4n) is 3.19. The van der Waals surface area contributed by atoms with Crippen molar-refractivity contribution in [2.24, 2.45) is 5.41 Å². The standard InChI is InChI=1S/C18H29NO2/c1-13(20)9-17(2,3)12-19-11-14-6-7-16-15(8-14)10-18(4,5)21-16/h6-8,13,19-20H,9-12H2,1-5H3. The highest BCUT2D eigenvalue weighted by atomic mass is 16.5. The Morgan fingerprint density at radius 2 is 2.10 bits per heavy atom. The van der Waals surface area contributed by atoms with Crippen LogP contribution in [0.5, 0.6) is 5.75 Å². The summed E-state index contributed by atoms with van der Waals surface area (Å²) in [6, 6.07) is 6.47. The van der Waals surface area contributed by atoms with E-state index >= 15 is 0 Å². The first-order valence-corrected chi connectivity index (χ1v) is 7.86. The highest BCUT2D eigenvalue weighted by Crippen LogP contribution is 2.35. The second-order valence-corrected chi connectivity index (χ2v) is 7.80. The molecule has 1 atom stereocenters. The van der Waals surface area contributed by atoms with Gasteiger partial charge in [-0.25, -0.2) is 0 Å². The summed E-state index contributed by atoms with van der Waals surface area (Å²) in [5.74, 6) is 1.03. The van der Waals surface area contributed by atoms with Crippen molar-refractivity contribution < 1.29 is 9.84 Å². The van der Waals surface area contributed by atoms with Crippen LogP contribution in [0.4, 0.5) is 0 Å². The Hall–Kier alpha value is -1.06. The lowest BCUT2D eigenvalue weighted by atomic mass is 9.87. The molecule has 0 amide bonds. The van der Waals surface area contributed by atoms with Crippen LogP contribution in [0.25, 0.3) is 0 Å². The molecule has 0 saturated heterocycles. The predicted octanol–water partition coefficient (Wildman–Crippen LogP) is 3.29. The van der Waals surface area contributed by atoms with Gasteiger partial charge in [0.2, 0.25) is 0 Å². The zero-order valence-electron chi connectivity index (χ0n) is 14.0. The van der Waals surface area contributed by atoms with E-state index in [-0.39, 0.29) is 17.1 Å². The number of aliphatic hydroxyl groups is 1. The van der Waals surface area contributed by atoms with E-state index < -0.39 is 0 Å². The van der Waals surface area contributed by atoms with Crippen molar-refractivity contribution in [2.75, 3.05) is 6.54 Å². The summed E-state index contributed by atoms with van der Waals surface area (Å²) in [6.07, 6.45) is 1.54. The number of benzene rings is 1. The molecule has 2 rings (SSSR count). The first kappa shape index (κ1) is 16.3. The topological polar surface area (TPSA) is 41.5 Å². The third-order valence-corrected chi connectivity index (χ3v) is 3.91. The van der Waals surface area contributed by atoms with Crippen LogP contribution in [-0.2, 0) is 13.0 Å². The maximum absolute atomic E-state index is 9.52. The van der Waals surface area contributed by atoms with E-state index in [1.54, 1.807) is 0 Å². The van der Waals surface area contributed by atoms with E-state index in [4.69, 9.17) is 4.74 Å². The fourth-order valence-corrected chi connectivity index (χ4v) is 3.19. The molecule has 0 fully saturated rings. The quantitative estimate of drug-likeness (QED) is 0.845. The molecule has 1 aliphatic heterocycles. The van der Waals surface area contributed by atoms with Crippen molar-refractivity contribution in [3.05, 3.63) is 29.3 Å². The number of hydrogen-bond acceptors (Lipinski definition) is 3. The van der Waals surface area contributed by atoms with Crippen molar-refractivity contribution in [3.63, 3.8) is 0 Å². The number of aliphatic hydroxyl groups excluding tert-OH is 1. The average molecular weight is 291 g/mol. The first-order chi connectivity index (χ1) is 9.67. The summed E-state index contributed by atoms with van der Waals surface area (Å²) < 4.78 is 5.90.